The minimum absolute atomic E-state index is 0.0639. The number of morpholine rings is 1. The molecule has 2 saturated carbocycles. The van der Waals surface area contributed by atoms with Crippen molar-refractivity contribution in [3.63, 3.8) is 0 Å². The van der Waals surface area contributed by atoms with E-state index >= 15 is 0 Å². The highest BCUT2D eigenvalue weighted by Gasteiger charge is 2.49. The second kappa shape index (κ2) is 8.71. The molecule has 3 fully saturated rings. The summed E-state index contributed by atoms with van der Waals surface area (Å²) >= 11 is 0. The van der Waals surface area contributed by atoms with Crippen LogP contribution in [0.5, 0.6) is 0 Å². The van der Waals surface area contributed by atoms with Crippen LogP contribution in [0.25, 0.3) is 0 Å². The first-order valence-corrected chi connectivity index (χ1v) is 10.7. The summed E-state index contributed by atoms with van der Waals surface area (Å²) in [5, 5.41) is 16.9. The molecule has 1 saturated heterocycles. The van der Waals surface area contributed by atoms with Crippen LogP contribution < -0.4 is 10.6 Å². The zero-order chi connectivity index (χ0) is 20.4. The maximum absolute atomic E-state index is 13.1. The van der Waals surface area contributed by atoms with Crippen LogP contribution in [0.2, 0.25) is 0 Å². The number of nitrogens with zero attached hydrogens (tertiary/aromatic N) is 2. The van der Waals surface area contributed by atoms with E-state index in [2.05, 4.69) is 20.6 Å². The summed E-state index contributed by atoms with van der Waals surface area (Å²) in [4.78, 5) is 35.0. The minimum atomic E-state index is -0.880. The van der Waals surface area contributed by atoms with E-state index < -0.39 is 17.9 Å². The van der Waals surface area contributed by atoms with Gasteiger partial charge in [0, 0.05) is 49.4 Å². The monoisotopic (exact) mass is 405 g/mol. The summed E-state index contributed by atoms with van der Waals surface area (Å²) in [5.74, 6) is 0.391. The van der Waals surface area contributed by atoms with Crippen molar-refractivity contribution in [2.75, 3.05) is 32.8 Å². The number of hydrogen-bond donors (Lipinski definition) is 4. The van der Waals surface area contributed by atoms with Crippen molar-refractivity contribution in [2.45, 2.75) is 56.6 Å². The number of carbonyl (C=O) groups excluding carboxylic acids is 2. The lowest BCUT2D eigenvalue weighted by atomic mass is 9.96. The van der Waals surface area contributed by atoms with Crippen molar-refractivity contribution in [1.29, 1.82) is 0 Å². The predicted molar refractivity (Wildman–Crippen MR) is 105 cm³/mol. The summed E-state index contributed by atoms with van der Waals surface area (Å²) in [7, 11) is 0. The molecule has 3 aliphatic rings. The lowest BCUT2D eigenvalue weighted by molar-refractivity contribution is -0.142. The van der Waals surface area contributed by atoms with Gasteiger partial charge in [-0.25, -0.2) is 9.78 Å². The van der Waals surface area contributed by atoms with Gasteiger partial charge in [-0.1, -0.05) is 6.92 Å². The van der Waals surface area contributed by atoms with Crippen LogP contribution in [0.3, 0.4) is 0 Å². The van der Waals surface area contributed by atoms with Crippen LogP contribution in [0.4, 0.5) is 4.79 Å². The quantitative estimate of drug-likeness (QED) is 0.555. The standard InChI is InChI=1S/C20H31N5O4/c1-2-5-21-20(28)24-14-10-13(19(27)25-6-8-29-9-7-25)17(26)16(14)15-11-22-18(23-15)12-3-4-12/h11-14,16-17,26H,2-10H2,1H3,(H,22,23)(H2,21,24,28)/t13-,14+,16+,17+/m0/s1. The first kappa shape index (κ1) is 20.2. The van der Waals surface area contributed by atoms with Crippen LogP contribution >= 0.6 is 0 Å². The third-order valence-electron chi connectivity index (χ3n) is 6.15. The first-order valence-electron chi connectivity index (χ1n) is 10.7. The number of nitrogens with one attached hydrogen (secondary N) is 3. The number of ether oxygens (including phenoxy) is 1. The van der Waals surface area contributed by atoms with E-state index in [0.717, 1.165) is 30.8 Å². The van der Waals surface area contributed by atoms with Crippen molar-refractivity contribution in [2.24, 2.45) is 5.92 Å². The number of aliphatic hydroxyl groups excluding tert-OH is 1. The summed E-state index contributed by atoms with van der Waals surface area (Å²) in [6.45, 7) is 4.69. The molecule has 2 aliphatic carbocycles. The second-order valence-corrected chi connectivity index (χ2v) is 8.30. The molecule has 2 heterocycles. The molecule has 0 aromatic carbocycles. The van der Waals surface area contributed by atoms with Gasteiger partial charge in [0.25, 0.3) is 0 Å². The molecule has 1 aromatic heterocycles. The van der Waals surface area contributed by atoms with Crippen molar-refractivity contribution in [1.82, 2.24) is 25.5 Å². The molecule has 29 heavy (non-hydrogen) atoms. The van der Waals surface area contributed by atoms with Gasteiger partial charge in [-0.2, -0.15) is 0 Å². The maximum Gasteiger partial charge on any atom is 0.315 e. The first-order chi connectivity index (χ1) is 14.1. The van der Waals surface area contributed by atoms with Crippen molar-refractivity contribution < 1.29 is 19.4 Å². The molecule has 9 nitrogen and oxygen atoms in total. The lowest BCUT2D eigenvalue weighted by Crippen LogP contribution is -2.45. The molecule has 4 atom stereocenters. The molecule has 0 radical (unpaired) electrons. The van der Waals surface area contributed by atoms with E-state index in [1.165, 1.54) is 0 Å². The Morgan fingerprint density at radius 2 is 2.10 bits per heavy atom. The van der Waals surface area contributed by atoms with E-state index in [1.54, 1.807) is 11.1 Å². The van der Waals surface area contributed by atoms with Gasteiger partial charge >= 0.3 is 6.03 Å². The van der Waals surface area contributed by atoms with Crippen LogP contribution in [-0.2, 0) is 9.53 Å². The van der Waals surface area contributed by atoms with E-state index in [4.69, 9.17) is 4.74 Å². The molecule has 160 valence electrons. The fourth-order valence-electron chi connectivity index (χ4n) is 4.41. The number of carbonyl (C=O) groups is 2. The molecule has 4 rings (SSSR count). The average Bonchev–Trinajstić information content (AvgIpc) is 3.39. The van der Waals surface area contributed by atoms with Gasteiger partial charge in [0.15, 0.2) is 0 Å². The maximum atomic E-state index is 13.1. The lowest BCUT2D eigenvalue weighted by Gasteiger charge is -2.30. The molecular weight excluding hydrogens is 374 g/mol. The van der Waals surface area contributed by atoms with Crippen LogP contribution in [0.1, 0.15) is 56.0 Å². The Morgan fingerprint density at radius 3 is 2.79 bits per heavy atom. The predicted octanol–water partition coefficient (Wildman–Crippen LogP) is 0.688. The number of imidazole rings is 1. The Morgan fingerprint density at radius 1 is 1.34 bits per heavy atom. The Hall–Kier alpha value is -2.13. The van der Waals surface area contributed by atoms with Gasteiger partial charge in [0.05, 0.1) is 25.2 Å². The SMILES string of the molecule is CCCNC(=O)N[C@@H]1C[C@H](C(=O)N2CCOCC2)[C@@H](O)[C@H]1c1cnc(C2CC2)[nH]1. The minimum Gasteiger partial charge on any atom is -0.392 e. The van der Waals surface area contributed by atoms with E-state index in [1.807, 2.05) is 6.92 Å². The number of amides is 3. The molecule has 9 heteroatoms. The Balaban J connectivity index is 1.52. The highest BCUT2D eigenvalue weighted by atomic mass is 16.5. The van der Waals surface area contributed by atoms with E-state index in [9.17, 15) is 14.7 Å². The number of aromatic nitrogens is 2. The van der Waals surface area contributed by atoms with Gasteiger partial charge in [-0.15, -0.1) is 0 Å². The zero-order valence-electron chi connectivity index (χ0n) is 16.9. The van der Waals surface area contributed by atoms with Crippen molar-refractivity contribution >= 4 is 11.9 Å². The van der Waals surface area contributed by atoms with Crippen LogP contribution in [-0.4, -0.2) is 76.9 Å². The topological polar surface area (TPSA) is 120 Å². The number of H-pyrrole nitrogens is 1. The second-order valence-electron chi connectivity index (χ2n) is 8.30. The third kappa shape index (κ3) is 4.40. The van der Waals surface area contributed by atoms with Crippen molar-refractivity contribution in [3.05, 3.63) is 17.7 Å². The fraction of sp³-hybridized carbons (Fsp3) is 0.750. The third-order valence-corrected chi connectivity index (χ3v) is 6.15. The van der Waals surface area contributed by atoms with Crippen LogP contribution in [0, 0.1) is 5.92 Å². The zero-order valence-corrected chi connectivity index (χ0v) is 16.9. The summed E-state index contributed by atoms with van der Waals surface area (Å²) in [6.07, 6.45) is 4.36. The van der Waals surface area contributed by atoms with Crippen molar-refractivity contribution in [3.8, 4) is 0 Å². The molecule has 0 unspecified atom stereocenters. The number of hydrogen-bond acceptors (Lipinski definition) is 5. The highest BCUT2D eigenvalue weighted by Crippen LogP contribution is 2.42. The summed E-state index contributed by atoms with van der Waals surface area (Å²) in [5.41, 5.74) is 0.789. The highest BCUT2D eigenvalue weighted by molar-refractivity contribution is 5.81. The average molecular weight is 405 g/mol. The fourth-order valence-corrected chi connectivity index (χ4v) is 4.41. The van der Waals surface area contributed by atoms with E-state index in [0.29, 0.717) is 45.2 Å². The normalized spacial score (nSPS) is 29.7. The molecule has 1 aromatic rings. The van der Waals surface area contributed by atoms with Gasteiger partial charge < -0.3 is 30.4 Å². The largest absolute Gasteiger partial charge is 0.392 e. The molecule has 1 aliphatic heterocycles. The molecule has 3 amide bonds. The number of urea groups is 1. The Kier molecular flexibility index (Phi) is 6.05. The summed E-state index contributed by atoms with van der Waals surface area (Å²) < 4.78 is 5.34. The Bertz CT molecular complexity index is 728. The smallest absolute Gasteiger partial charge is 0.315 e. The van der Waals surface area contributed by atoms with Gasteiger partial charge in [0.1, 0.15) is 5.82 Å². The summed E-state index contributed by atoms with van der Waals surface area (Å²) in [6, 6.07) is -0.611. The number of aliphatic hydroxyl groups is 1. The number of aromatic amines is 1. The van der Waals surface area contributed by atoms with Crippen LogP contribution in [0.15, 0.2) is 6.20 Å². The molecule has 0 bridgehead atoms. The Labute approximate surface area is 170 Å². The van der Waals surface area contributed by atoms with Gasteiger partial charge in [-0.3, -0.25) is 4.79 Å². The number of rotatable bonds is 6. The van der Waals surface area contributed by atoms with Gasteiger partial charge in [-0.05, 0) is 25.7 Å². The van der Waals surface area contributed by atoms with E-state index in [-0.39, 0.29) is 18.0 Å². The molecule has 4 N–H and O–H groups in total. The van der Waals surface area contributed by atoms with Gasteiger partial charge in [0.2, 0.25) is 5.91 Å². The molecular formula is C20H31N5O4. The molecule has 0 spiro atoms.